The van der Waals surface area contributed by atoms with Crippen molar-refractivity contribution in [1.82, 2.24) is 9.97 Å². The molecule has 0 amide bonds. The molecule has 1 aliphatic rings. The lowest BCUT2D eigenvalue weighted by Crippen LogP contribution is -2.40. The van der Waals surface area contributed by atoms with E-state index < -0.39 is 0 Å². The van der Waals surface area contributed by atoms with Crippen LogP contribution in [0.5, 0.6) is 0 Å². The van der Waals surface area contributed by atoms with E-state index in [1.807, 2.05) is 24.3 Å². The molecule has 0 bridgehead atoms. The number of aryl methyl sites for hydroxylation is 1. The molecule has 1 aliphatic heterocycles. The highest BCUT2D eigenvalue weighted by molar-refractivity contribution is 5.75. The molecule has 0 aliphatic carbocycles. The van der Waals surface area contributed by atoms with Gasteiger partial charge < -0.3 is 10.2 Å². The maximum Gasteiger partial charge on any atom is 0.353 e. The van der Waals surface area contributed by atoms with Gasteiger partial charge in [-0.15, -0.1) is 0 Å². The van der Waals surface area contributed by atoms with Gasteiger partial charge in [0.05, 0.1) is 4.92 Å². The van der Waals surface area contributed by atoms with Crippen LogP contribution in [0.4, 0.5) is 23.0 Å². The molecule has 0 saturated carbocycles. The summed E-state index contributed by atoms with van der Waals surface area (Å²) in [7, 11) is 0. The number of nitro groups is 1. The van der Waals surface area contributed by atoms with Crippen molar-refractivity contribution in [3.8, 4) is 0 Å². The summed E-state index contributed by atoms with van der Waals surface area (Å²) in [6.07, 6.45) is 6.42. The Morgan fingerprint density at radius 2 is 2.08 bits per heavy atom. The van der Waals surface area contributed by atoms with Crippen LogP contribution in [-0.4, -0.2) is 27.5 Å². The highest BCUT2D eigenvalue weighted by atomic mass is 16.6. The molecule has 0 spiro atoms. The van der Waals surface area contributed by atoms with E-state index >= 15 is 0 Å². The first kappa shape index (κ1) is 18.1. The Hall–Kier alpha value is -2.70. The van der Waals surface area contributed by atoms with Gasteiger partial charge in [-0.3, -0.25) is 10.1 Å². The van der Waals surface area contributed by atoms with Crippen LogP contribution in [-0.2, 0) is 6.42 Å². The van der Waals surface area contributed by atoms with Crippen LogP contribution in [0.2, 0.25) is 0 Å². The molecule has 3 rings (SSSR count). The van der Waals surface area contributed by atoms with Crippen LogP contribution in [0.25, 0.3) is 0 Å². The van der Waals surface area contributed by atoms with E-state index in [9.17, 15) is 10.1 Å². The van der Waals surface area contributed by atoms with Gasteiger partial charge in [0, 0.05) is 18.3 Å². The first-order valence-electron chi connectivity index (χ1n) is 9.26. The van der Waals surface area contributed by atoms with Gasteiger partial charge in [-0.2, -0.15) is 0 Å². The molecule has 7 heteroatoms. The van der Waals surface area contributed by atoms with Gasteiger partial charge in [0.25, 0.3) is 0 Å². The van der Waals surface area contributed by atoms with Crippen LogP contribution in [0.3, 0.4) is 0 Å². The number of piperidine rings is 1. The summed E-state index contributed by atoms with van der Waals surface area (Å²) in [6, 6.07) is 8.08. The van der Waals surface area contributed by atoms with E-state index in [0.29, 0.717) is 5.82 Å². The lowest BCUT2D eigenvalue weighted by atomic mass is 10.00. The van der Waals surface area contributed by atoms with Gasteiger partial charge in [0.2, 0.25) is 11.6 Å². The van der Waals surface area contributed by atoms with Gasteiger partial charge >= 0.3 is 5.69 Å². The number of benzene rings is 1. The molecule has 26 heavy (non-hydrogen) atoms. The molecule has 1 N–H and O–H groups in total. The average molecular weight is 355 g/mol. The van der Waals surface area contributed by atoms with Crippen LogP contribution < -0.4 is 10.2 Å². The van der Waals surface area contributed by atoms with Gasteiger partial charge in [-0.1, -0.05) is 32.0 Å². The second kappa shape index (κ2) is 8.12. The lowest BCUT2D eigenvalue weighted by Gasteiger charge is -2.35. The van der Waals surface area contributed by atoms with Gasteiger partial charge in [0.1, 0.15) is 6.33 Å². The lowest BCUT2D eigenvalue weighted by molar-refractivity contribution is -0.383. The zero-order valence-electron chi connectivity index (χ0n) is 15.3. The molecule has 1 fully saturated rings. The molecule has 138 valence electrons. The van der Waals surface area contributed by atoms with Crippen molar-refractivity contribution < 1.29 is 4.92 Å². The predicted octanol–water partition coefficient (Wildman–Crippen LogP) is 4.46. The minimum atomic E-state index is -0.368. The molecule has 1 saturated heterocycles. The van der Waals surface area contributed by atoms with Crippen LogP contribution >= 0.6 is 0 Å². The highest BCUT2D eigenvalue weighted by Crippen LogP contribution is 2.37. The summed E-state index contributed by atoms with van der Waals surface area (Å²) in [4.78, 5) is 22.1. The van der Waals surface area contributed by atoms with E-state index in [1.54, 1.807) is 0 Å². The molecular weight excluding hydrogens is 330 g/mol. The minimum Gasteiger partial charge on any atom is -0.348 e. The Kier molecular flexibility index (Phi) is 5.65. The third-order valence-corrected chi connectivity index (χ3v) is 5.01. The Labute approximate surface area is 153 Å². The molecule has 7 nitrogen and oxygen atoms in total. The SMILES string of the molecule is CCc1ccccc1Nc1ncnc(N2CCCCC2CC)c1[N+](=O)[O-]. The molecule has 0 radical (unpaired) electrons. The fraction of sp³-hybridized carbons (Fsp3) is 0.474. The minimum absolute atomic E-state index is 0.0428. The van der Waals surface area contributed by atoms with Crippen molar-refractivity contribution in [3.63, 3.8) is 0 Å². The molecular formula is C19H25N5O2. The fourth-order valence-electron chi connectivity index (χ4n) is 3.62. The smallest absolute Gasteiger partial charge is 0.348 e. The molecule has 1 aromatic heterocycles. The standard InChI is InChI=1S/C19H25N5O2/c1-3-14-9-5-6-11-16(14)22-18-17(24(25)26)19(21-13-20-18)23-12-8-7-10-15(23)4-2/h5-6,9,11,13,15H,3-4,7-8,10,12H2,1-2H3,(H,20,21,22). The largest absolute Gasteiger partial charge is 0.353 e. The van der Waals surface area contributed by atoms with Crippen molar-refractivity contribution in [3.05, 3.63) is 46.3 Å². The topological polar surface area (TPSA) is 84.2 Å². The van der Waals surface area contributed by atoms with Crippen LogP contribution in [0.15, 0.2) is 30.6 Å². The number of nitrogens with one attached hydrogen (secondary N) is 1. The van der Waals surface area contributed by atoms with Crippen molar-refractivity contribution >= 4 is 23.0 Å². The van der Waals surface area contributed by atoms with Crippen molar-refractivity contribution in [2.75, 3.05) is 16.8 Å². The number of para-hydroxylation sites is 1. The normalized spacial score (nSPS) is 17.2. The summed E-state index contributed by atoms with van der Waals surface area (Å²) in [5, 5.41) is 15.1. The maximum atomic E-state index is 11.9. The Bertz CT molecular complexity index is 780. The summed E-state index contributed by atoms with van der Waals surface area (Å²) in [6.45, 7) is 4.97. The second-order valence-corrected chi connectivity index (χ2v) is 6.54. The van der Waals surface area contributed by atoms with E-state index in [0.717, 1.165) is 49.9 Å². The zero-order valence-corrected chi connectivity index (χ0v) is 15.3. The van der Waals surface area contributed by atoms with Crippen molar-refractivity contribution in [2.24, 2.45) is 0 Å². The second-order valence-electron chi connectivity index (χ2n) is 6.54. The molecule has 2 aromatic rings. The van der Waals surface area contributed by atoms with Crippen LogP contribution in [0, 0.1) is 10.1 Å². The average Bonchev–Trinajstić information content (AvgIpc) is 2.68. The molecule has 1 atom stereocenters. The first-order chi connectivity index (χ1) is 12.7. The maximum absolute atomic E-state index is 11.9. The third-order valence-electron chi connectivity index (χ3n) is 5.01. The molecule has 1 aromatic carbocycles. The first-order valence-corrected chi connectivity index (χ1v) is 9.26. The highest BCUT2D eigenvalue weighted by Gasteiger charge is 2.31. The Morgan fingerprint density at radius 1 is 1.27 bits per heavy atom. The van der Waals surface area contributed by atoms with Gasteiger partial charge in [0.15, 0.2) is 0 Å². The number of hydrogen-bond donors (Lipinski definition) is 1. The number of nitrogens with zero attached hydrogens (tertiary/aromatic N) is 4. The summed E-state index contributed by atoms with van der Waals surface area (Å²) < 4.78 is 0. The molecule has 2 heterocycles. The van der Waals surface area contributed by atoms with Gasteiger partial charge in [-0.25, -0.2) is 9.97 Å². The van der Waals surface area contributed by atoms with E-state index in [4.69, 9.17) is 0 Å². The summed E-state index contributed by atoms with van der Waals surface area (Å²) in [5.41, 5.74) is 1.89. The zero-order chi connectivity index (χ0) is 18.5. The van der Waals surface area contributed by atoms with E-state index in [2.05, 4.69) is 34.0 Å². The number of hydrogen-bond acceptors (Lipinski definition) is 6. The van der Waals surface area contributed by atoms with Crippen LogP contribution in [0.1, 0.15) is 45.1 Å². The third kappa shape index (κ3) is 3.61. The van der Waals surface area contributed by atoms with Crippen molar-refractivity contribution in [2.45, 2.75) is 52.0 Å². The molecule has 1 unspecified atom stereocenters. The number of aromatic nitrogens is 2. The van der Waals surface area contributed by atoms with E-state index in [1.165, 1.54) is 6.33 Å². The Balaban J connectivity index is 2.02. The number of rotatable bonds is 6. The van der Waals surface area contributed by atoms with Gasteiger partial charge in [-0.05, 0) is 43.7 Å². The summed E-state index contributed by atoms with van der Waals surface area (Å²) in [5.74, 6) is 0.675. The predicted molar refractivity (Wildman–Crippen MR) is 103 cm³/mol. The number of anilines is 3. The van der Waals surface area contributed by atoms with E-state index in [-0.39, 0.29) is 22.5 Å². The fourth-order valence-corrected chi connectivity index (χ4v) is 3.62. The quantitative estimate of drug-likeness (QED) is 0.608. The Morgan fingerprint density at radius 3 is 2.81 bits per heavy atom. The monoisotopic (exact) mass is 355 g/mol. The van der Waals surface area contributed by atoms with Crippen molar-refractivity contribution in [1.29, 1.82) is 0 Å². The summed E-state index contributed by atoms with van der Waals surface area (Å²) >= 11 is 0.